The molecular weight excluding hydrogens is 264 g/mol. The molecule has 0 spiro atoms. The van der Waals surface area contributed by atoms with E-state index in [1.807, 2.05) is 18.2 Å². The molecule has 0 radical (unpaired) electrons. The highest BCUT2D eigenvalue weighted by Gasteiger charge is 2.46. The smallest absolute Gasteiger partial charge is 0.408 e. The maximum Gasteiger partial charge on any atom is 0.408 e. The zero-order valence-electron chi connectivity index (χ0n) is 10.8. The quantitative estimate of drug-likeness (QED) is 0.595. The van der Waals surface area contributed by atoms with E-state index in [2.05, 4.69) is 15.4 Å². The molecule has 20 heavy (non-hydrogen) atoms. The van der Waals surface area contributed by atoms with Crippen molar-refractivity contribution in [3.8, 4) is 0 Å². The molecule has 2 N–H and O–H groups in total. The van der Waals surface area contributed by atoms with Gasteiger partial charge < -0.3 is 20.1 Å². The Morgan fingerprint density at radius 1 is 1.30 bits per heavy atom. The Labute approximate surface area is 115 Å². The van der Waals surface area contributed by atoms with Gasteiger partial charge in [-0.2, -0.15) is 0 Å². The molecule has 2 rings (SSSR count). The van der Waals surface area contributed by atoms with E-state index in [1.165, 1.54) is 7.11 Å². The zero-order valence-corrected chi connectivity index (χ0v) is 10.8. The average molecular weight is 278 g/mol. The Balaban J connectivity index is 1.82. The van der Waals surface area contributed by atoms with Gasteiger partial charge in [-0.05, 0) is 5.56 Å². The fraction of sp³-hybridized carbons (Fsp3) is 0.308. The third-order valence-corrected chi connectivity index (χ3v) is 2.85. The summed E-state index contributed by atoms with van der Waals surface area (Å²) < 4.78 is 9.46. The van der Waals surface area contributed by atoms with Gasteiger partial charge in [0.15, 0.2) is 6.04 Å². The molecule has 2 atom stereocenters. The predicted molar refractivity (Wildman–Crippen MR) is 67.5 cm³/mol. The third-order valence-electron chi connectivity index (χ3n) is 2.85. The van der Waals surface area contributed by atoms with E-state index in [9.17, 15) is 14.4 Å². The molecule has 1 aromatic rings. The van der Waals surface area contributed by atoms with Crippen LogP contribution in [0.15, 0.2) is 30.3 Å². The van der Waals surface area contributed by atoms with Crippen LogP contribution in [0.4, 0.5) is 4.79 Å². The van der Waals surface area contributed by atoms with E-state index in [-0.39, 0.29) is 6.61 Å². The van der Waals surface area contributed by atoms with Gasteiger partial charge >= 0.3 is 12.1 Å². The lowest BCUT2D eigenvalue weighted by Gasteiger charge is -2.34. The molecule has 7 nitrogen and oxygen atoms in total. The van der Waals surface area contributed by atoms with Gasteiger partial charge in [0, 0.05) is 0 Å². The Morgan fingerprint density at radius 3 is 2.60 bits per heavy atom. The van der Waals surface area contributed by atoms with Crippen LogP contribution in [-0.4, -0.2) is 37.2 Å². The average Bonchev–Trinajstić information content (AvgIpc) is 2.48. The number of ether oxygens (including phenoxy) is 2. The van der Waals surface area contributed by atoms with Crippen molar-refractivity contribution >= 4 is 18.0 Å². The second kappa shape index (κ2) is 6.05. The number of β-lactam (4-membered cyclic amide) rings is 1. The maximum atomic E-state index is 11.6. The lowest BCUT2D eigenvalue weighted by Crippen LogP contribution is -2.72. The first-order valence-corrected chi connectivity index (χ1v) is 5.97. The number of hydrogen-bond donors (Lipinski definition) is 2. The van der Waals surface area contributed by atoms with Crippen LogP contribution < -0.4 is 10.6 Å². The lowest BCUT2D eigenvalue weighted by molar-refractivity contribution is -0.152. The number of carbonyl (C=O) groups excluding carboxylic acids is 3. The Morgan fingerprint density at radius 2 is 2.00 bits per heavy atom. The normalized spacial score (nSPS) is 20.4. The minimum Gasteiger partial charge on any atom is -0.467 e. The molecule has 1 aliphatic heterocycles. The van der Waals surface area contributed by atoms with Crippen molar-refractivity contribution in [3.05, 3.63) is 35.9 Å². The van der Waals surface area contributed by atoms with E-state index >= 15 is 0 Å². The fourth-order valence-corrected chi connectivity index (χ4v) is 1.74. The lowest BCUT2D eigenvalue weighted by atomic mass is 9.99. The van der Waals surface area contributed by atoms with E-state index < -0.39 is 30.1 Å². The van der Waals surface area contributed by atoms with Crippen molar-refractivity contribution in [1.82, 2.24) is 10.6 Å². The maximum absolute atomic E-state index is 11.6. The van der Waals surface area contributed by atoms with Crippen LogP contribution in [0.3, 0.4) is 0 Å². The summed E-state index contributed by atoms with van der Waals surface area (Å²) in [7, 11) is 1.21. The SMILES string of the molecule is COC(=O)[C@H]1NC(=O)[C@@H]1NC(=O)OCc1ccccc1. The summed E-state index contributed by atoms with van der Waals surface area (Å²) in [4.78, 5) is 34.1. The van der Waals surface area contributed by atoms with Gasteiger partial charge in [0.25, 0.3) is 0 Å². The molecule has 7 heteroatoms. The Kier molecular flexibility index (Phi) is 4.19. The number of alkyl carbamates (subject to hydrolysis) is 1. The number of esters is 1. The Bertz CT molecular complexity index is 517. The third kappa shape index (κ3) is 3.05. The summed E-state index contributed by atoms with van der Waals surface area (Å²) in [5.41, 5.74) is 0.824. The number of amides is 2. The van der Waals surface area contributed by atoms with Gasteiger partial charge in [-0.15, -0.1) is 0 Å². The molecular formula is C13H14N2O5. The Hall–Kier alpha value is -2.57. The van der Waals surface area contributed by atoms with Gasteiger partial charge in [-0.1, -0.05) is 30.3 Å². The van der Waals surface area contributed by atoms with Crippen molar-refractivity contribution in [2.45, 2.75) is 18.7 Å². The van der Waals surface area contributed by atoms with Gasteiger partial charge in [-0.3, -0.25) is 4.79 Å². The first kappa shape index (κ1) is 13.9. The van der Waals surface area contributed by atoms with E-state index in [0.29, 0.717) is 0 Å². The van der Waals surface area contributed by atoms with Crippen LogP contribution in [0, 0.1) is 0 Å². The monoisotopic (exact) mass is 278 g/mol. The molecule has 1 aromatic carbocycles. The van der Waals surface area contributed by atoms with E-state index in [1.54, 1.807) is 12.1 Å². The highest BCUT2D eigenvalue weighted by atomic mass is 16.5. The highest BCUT2D eigenvalue weighted by molar-refractivity contribution is 6.01. The van der Waals surface area contributed by atoms with Gasteiger partial charge in [0.2, 0.25) is 5.91 Å². The molecule has 0 aromatic heterocycles. The topological polar surface area (TPSA) is 93.7 Å². The first-order valence-electron chi connectivity index (χ1n) is 5.97. The van der Waals surface area contributed by atoms with Crippen molar-refractivity contribution in [1.29, 1.82) is 0 Å². The van der Waals surface area contributed by atoms with Gasteiger partial charge in [0.05, 0.1) is 7.11 Å². The summed E-state index contributed by atoms with van der Waals surface area (Å²) >= 11 is 0. The summed E-state index contributed by atoms with van der Waals surface area (Å²) in [5.74, 6) is -1.06. The highest BCUT2D eigenvalue weighted by Crippen LogP contribution is 2.09. The second-order valence-electron chi connectivity index (χ2n) is 4.19. The van der Waals surface area contributed by atoms with Crippen molar-refractivity contribution < 1.29 is 23.9 Å². The molecule has 2 amide bonds. The van der Waals surface area contributed by atoms with Crippen molar-refractivity contribution in [3.63, 3.8) is 0 Å². The second-order valence-corrected chi connectivity index (χ2v) is 4.19. The van der Waals surface area contributed by atoms with Crippen LogP contribution in [0.5, 0.6) is 0 Å². The molecule has 1 aliphatic rings. The van der Waals surface area contributed by atoms with Crippen LogP contribution in [0.1, 0.15) is 5.56 Å². The number of carbonyl (C=O) groups is 3. The number of rotatable bonds is 4. The summed E-state index contributed by atoms with van der Waals surface area (Å²) in [6.45, 7) is 0.0872. The summed E-state index contributed by atoms with van der Waals surface area (Å²) in [6.07, 6.45) is -0.761. The van der Waals surface area contributed by atoms with Gasteiger partial charge in [0.1, 0.15) is 12.6 Å². The van der Waals surface area contributed by atoms with Crippen LogP contribution in [0.25, 0.3) is 0 Å². The number of benzene rings is 1. The molecule has 0 saturated carbocycles. The van der Waals surface area contributed by atoms with E-state index in [0.717, 1.165) is 5.56 Å². The largest absolute Gasteiger partial charge is 0.467 e. The standard InChI is InChI=1S/C13H14N2O5/c1-19-12(17)10-9(11(16)14-10)15-13(18)20-7-8-5-3-2-4-6-8/h2-6,9-10H,7H2,1H3,(H,14,16)(H,15,18)/t9-,10+/m1/s1. The van der Waals surface area contributed by atoms with Gasteiger partial charge in [-0.25, -0.2) is 9.59 Å². The summed E-state index contributed by atoms with van der Waals surface area (Å²) in [5, 5.41) is 4.67. The fourth-order valence-electron chi connectivity index (χ4n) is 1.74. The van der Waals surface area contributed by atoms with Crippen molar-refractivity contribution in [2.75, 3.05) is 7.11 Å². The first-order chi connectivity index (χ1) is 9.61. The molecule has 0 bridgehead atoms. The number of methoxy groups -OCH3 is 1. The molecule has 1 fully saturated rings. The zero-order chi connectivity index (χ0) is 14.5. The predicted octanol–water partition coefficient (Wildman–Crippen LogP) is -0.0472. The minimum atomic E-state index is -0.953. The summed E-state index contributed by atoms with van der Waals surface area (Å²) in [6, 6.07) is 7.29. The number of nitrogens with one attached hydrogen (secondary N) is 2. The van der Waals surface area contributed by atoms with Crippen molar-refractivity contribution in [2.24, 2.45) is 0 Å². The van der Waals surface area contributed by atoms with Crippen LogP contribution >= 0.6 is 0 Å². The van der Waals surface area contributed by atoms with Crippen LogP contribution in [-0.2, 0) is 25.7 Å². The minimum absolute atomic E-state index is 0.0872. The molecule has 106 valence electrons. The molecule has 0 unspecified atom stereocenters. The number of hydrogen-bond acceptors (Lipinski definition) is 5. The van der Waals surface area contributed by atoms with E-state index in [4.69, 9.17) is 4.74 Å². The van der Waals surface area contributed by atoms with Crippen LogP contribution in [0.2, 0.25) is 0 Å². The molecule has 1 heterocycles. The molecule has 0 aliphatic carbocycles. The molecule has 1 saturated heterocycles.